The van der Waals surface area contributed by atoms with E-state index >= 15 is 0 Å². The number of aromatic amines is 1. The van der Waals surface area contributed by atoms with Crippen LogP contribution in [-0.2, 0) is 4.79 Å². The fourth-order valence-electron chi connectivity index (χ4n) is 1.84. The molecule has 18 heavy (non-hydrogen) atoms. The number of carboxylic acid groups (broad SMARTS) is 1. The Morgan fingerprint density at radius 2 is 2.22 bits per heavy atom. The summed E-state index contributed by atoms with van der Waals surface area (Å²) in [6.07, 6.45) is 5.89. The summed E-state index contributed by atoms with van der Waals surface area (Å²) < 4.78 is 0. The van der Waals surface area contributed by atoms with Crippen LogP contribution in [0, 0.1) is 5.92 Å². The molecule has 3 rings (SSSR count). The minimum Gasteiger partial charge on any atom is -0.481 e. The van der Waals surface area contributed by atoms with Crippen molar-refractivity contribution < 1.29 is 9.90 Å². The summed E-state index contributed by atoms with van der Waals surface area (Å²) in [4.78, 5) is 22.1. The minimum atomic E-state index is -0.768. The highest BCUT2D eigenvalue weighted by Crippen LogP contribution is 2.32. The fraction of sp³-hybridized carbons (Fsp3) is 0.250. The van der Waals surface area contributed by atoms with Crippen LogP contribution in [0.2, 0.25) is 0 Å². The summed E-state index contributed by atoms with van der Waals surface area (Å²) in [5, 5.41) is 11.8. The molecule has 92 valence electrons. The first-order valence-corrected chi connectivity index (χ1v) is 5.69. The Morgan fingerprint density at radius 3 is 2.78 bits per heavy atom. The third-order valence-electron chi connectivity index (χ3n) is 2.98. The molecule has 0 saturated heterocycles. The van der Waals surface area contributed by atoms with Gasteiger partial charge >= 0.3 is 5.97 Å². The van der Waals surface area contributed by atoms with Gasteiger partial charge < -0.3 is 15.4 Å². The monoisotopic (exact) mass is 244 g/mol. The van der Waals surface area contributed by atoms with E-state index in [-0.39, 0.29) is 12.0 Å². The molecule has 0 amide bonds. The van der Waals surface area contributed by atoms with Gasteiger partial charge in [0.15, 0.2) is 0 Å². The van der Waals surface area contributed by atoms with Crippen molar-refractivity contribution in [3.05, 3.63) is 30.7 Å². The summed E-state index contributed by atoms with van der Waals surface area (Å²) in [7, 11) is 0. The maximum absolute atomic E-state index is 10.7. The molecule has 2 aromatic heterocycles. The third kappa shape index (κ3) is 2.04. The summed E-state index contributed by atoms with van der Waals surface area (Å²) in [5.74, 6) is -0.605. The SMILES string of the molecule is O=C(O)C1CC1Nc1ncc(-c2ccc[nH]2)cn1. The molecule has 2 aromatic rings. The average molecular weight is 244 g/mol. The topological polar surface area (TPSA) is 90.9 Å². The van der Waals surface area contributed by atoms with Crippen LogP contribution in [0.15, 0.2) is 30.7 Å². The largest absolute Gasteiger partial charge is 0.481 e. The Balaban J connectivity index is 1.67. The molecule has 0 aromatic carbocycles. The number of nitrogens with one attached hydrogen (secondary N) is 2. The first-order chi connectivity index (χ1) is 8.74. The quantitative estimate of drug-likeness (QED) is 0.755. The van der Waals surface area contributed by atoms with Crippen molar-refractivity contribution in [2.24, 2.45) is 5.92 Å². The van der Waals surface area contributed by atoms with Gasteiger partial charge in [-0.2, -0.15) is 0 Å². The number of carbonyl (C=O) groups is 1. The number of hydrogen-bond acceptors (Lipinski definition) is 4. The van der Waals surface area contributed by atoms with Gasteiger partial charge in [0.1, 0.15) is 0 Å². The standard InChI is InChI=1S/C12H12N4O2/c17-11(18)8-4-10(8)16-12-14-5-7(6-15-12)9-2-1-3-13-9/h1-3,5-6,8,10,13H,4H2,(H,17,18)(H,14,15,16). The third-order valence-corrected chi connectivity index (χ3v) is 2.98. The van der Waals surface area contributed by atoms with E-state index in [2.05, 4.69) is 20.3 Å². The van der Waals surface area contributed by atoms with E-state index < -0.39 is 5.97 Å². The van der Waals surface area contributed by atoms with Crippen LogP contribution in [0.1, 0.15) is 6.42 Å². The summed E-state index contributed by atoms with van der Waals surface area (Å²) >= 11 is 0. The first-order valence-electron chi connectivity index (χ1n) is 5.69. The van der Waals surface area contributed by atoms with Gasteiger partial charge in [-0.15, -0.1) is 0 Å². The Bertz CT molecular complexity index is 550. The molecule has 6 nitrogen and oxygen atoms in total. The van der Waals surface area contributed by atoms with Crippen LogP contribution in [-0.4, -0.2) is 32.1 Å². The zero-order chi connectivity index (χ0) is 12.5. The molecule has 2 unspecified atom stereocenters. The number of nitrogens with zero attached hydrogens (tertiary/aromatic N) is 2. The molecular formula is C12H12N4O2. The van der Waals surface area contributed by atoms with Gasteiger partial charge in [0.2, 0.25) is 5.95 Å². The maximum atomic E-state index is 10.7. The number of rotatable bonds is 4. The smallest absolute Gasteiger partial charge is 0.308 e. The van der Waals surface area contributed by atoms with Gasteiger partial charge in [0.25, 0.3) is 0 Å². The highest BCUT2D eigenvalue weighted by atomic mass is 16.4. The van der Waals surface area contributed by atoms with Crippen molar-refractivity contribution in [2.75, 3.05) is 5.32 Å². The first kappa shape index (κ1) is 10.8. The van der Waals surface area contributed by atoms with E-state index in [1.165, 1.54) is 0 Å². The summed E-state index contributed by atoms with van der Waals surface area (Å²) in [6.45, 7) is 0. The lowest BCUT2D eigenvalue weighted by Crippen LogP contribution is -2.12. The van der Waals surface area contributed by atoms with Crippen LogP contribution in [0.25, 0.3) is 11.3 Å². The van der Waals surface area contributed by atoms with E-state index in [1.807, 2.05) is 18.3 Å². The second kappa shape index (κ2) is 4.14. The fourth-order valence-corrected chi connectivity index (χ4v) is 1.84. The number of aromatic nitrogens is 3. The zero-order valence-corrected chi connectivity index (χ0v) is 9.50. The molecule has 0 aliphatic heterocycles. The number of H-pyrrole nitrogens is 1. The minimum absolute atomic E-state index is 0.0427. The van der Waals surface area contributed by atoms with Gasteiger partial charge in [-0.05, 0) is 18.6 Å². The molecule has 1 aliphatic carbocycles. The second-order valence-electron chi connectivity index (χ2n) is 4.31. The van der Waals surface area contributed by atoms with E-state index in [4.69, 9.17) is 5.11 Å². The van der Waals surface area contributed by atoms with Gasteiger partial charge in [0, 0.05) is 35.9 Å². The molecule has 1 fully saturated rings. The average Bonchev–Trinajstić information content (AvgIpc) is 2.92. The van der Waals surface area contributed by atoms with E-state index in [9.17, 15) is 4.79 Å². The van der Waals surface area contributed by atoms with Gasteiger partial charge in [0.05, 0.1) is 5.92 Å². The molecule has 0 spiro atoms. The zero-order valence-electron chi connectivity index (χ0n) is 9.50. The van der Waals surface area contributed by atoms with Gasteiger partial charge in [-0.25, -0.2) is 9.97 Å². The van der Waals surface area contributed by atoms with Crippen molar-refractivity contribution >= 4 is 11.9 Å². The van der Waals surface area contributed by atoms with E-state index in [1.54, 1.807) is 12.4 Å². The Morgan fingerprint density at radius 1 is 1.44 bits per heavy atom. The summed E-state index contributed by atoms with van der Waals surface area (Å²) in [5.41, 5.74) is 1.85. The lowest BCUT2D eigenvalue weighted by molar-refractivity contribution is -0.138. The van der Waals surface area contributed by atoms with Crippen LogP contribution in [0.5, 0.6) is 0 Å². The number of hydrogen-bond donors (Lipinski definition) is 3. The van der Waals surface area contributed by atoms with Crippen molar-refractivity contribution in [3.8, 4) is 11.3 Å². The lowest BCUT2D eigenvalue weighted by atomic mass is 10.2. The van der Waals surface area contributed by atoms with Crippen molar-refractivity contribution in [2.45, 2.75) is 12.5 Å². The molecule has 1 saturated carbocycles. The molecule has 2 atom stereocenters. The van der Waals surface area contributed by atoms with Gasteiger partial charge in [-0.3, -0.25) is 4.79 Å². The normalized spacial score (nSPS) is 21.6. The number of aliphatic carboxylic acids is 1. The van der Waals surface area contributed by atoms with Crippen LogP contribution < -0.4 is 5.32 Å². The predicted octanol–water partition coefficient (Wildman–Crippen LogP) is 1.36. The molecule has 3 N–H and O–H groups in total. The number of anilines is 1. The highest BCUT2D eigenvalue weighted by Gasteiger charge is 2.43. The second-order valence-corrected chi connectivity index (χ2v) is 4.31. The molecule has 6 heteroatoms. The maximum Gasteiger partial charge on any atom is 0.308 e. The van der Waals surface area contributed by atoms with E-state index in [0.717, 1.165) is 11.3 Å². The molecule has 2 heterocycles. The van der Waals surface area contributed by atoms with Gasteiger partial charge in [-0.1, -0.05) is 0 Å². The summed E-state index contributed by atoms with van der Waals surface area (Å²) in [6, 6.07) is 3.80. The highest BCUT2D eigenvalue weighted by molar-refractivity contribution is 5.75. The van der Waals surface area contributed by atoms with Crippen LogP contribution >= 0.6 is 0 Å². The Labute approximate surface area is 103 Å². The Hall–Kier alpha value is -2.37. The lowest BCUT2D eigenvalue weighted by Gasteiger charge is -2.03. The van der Waals surface area contributed by atoms with Crippen LogP contribution in [0.4, 0.5) is 5.95 Å². The number of carboxylic acids is 1. The predicted molar refractivity (Wildman–Crippen MR) is 65.0 cm³/mol. The van der Waals surface area contributed by atoms with Crippen molar-refractivity contribution in [1.82, 2.24) is 15.0 Å². The molecule has 1 aliphatic rings. The molecule has 0 radical (unpaired) electrons. The van der Waals surface area contributed by atoms with E-state index in [0.29, 0.717) is 12.4 Å². The van der Waals surface area contributed by atoms with Crippen molar-refractivity contribution in [3.63, 3.8) is 0 Å². The molecule has 0 bridgehead atoms. The Kier molecular flexibility index (Phi) is 2.47. The van der Waals surface area contributed by atoms with Crippen LogP contribution in [0.3, 0.4) is 0 Å². The van der Waals surface area contributed by atoms with Crippen molar-refractivity contribution in [1.29, 1.82) is 0 Å². The molecular weight excluding hydrogens is 232 g/mol.